The molecule has 1 aromatic heterocycles. The molecule has 0 bridgehead atoms. The first-order chi connectivity index (χ1) is 12.8. The van der Waals surface area contributed by atoms with Crippen molar-refractivity contribution in [3.05, 3.63) is 84.3 Å². The smallest absolute Gasteiger partial charge is 0.151 e. The maximum atomic E-state index is 9.93. The van der Waals surface area contributed by atoms with E-state index in [2.05, 4.69) is 6.07 Å². The molecule has 5 nitrogen and oxygen atoms in total. The van der Waals surface area contributed by atoms with Gasteiger partial charge >= 0.3 is 0 Å². The first kappa shape index (κ1) is 16.0. The van der Waals surface area contributed by atoms with Gasteiger partial charge in [-0.2, -0.15) is 10.4 Å². The molecule has 0 fully saturated rings. The second-order valence-corrected chi connectivity index (χ2v) is 5.97. The fourth-order valence-electron chi connectivity index (χ4n) is 3.24. The van der Waals surface area contributed by atoms with Crippen LogP contribution in [0.2, 0.25) is 0 Å². The topological polar surface area (TPSA) is 61.8 Å². The van der Waals surface area contributed by atoms with Gasteiger partial charge in [-0.3, -0.25) is 0 Å². The molecule has 0 saturated heterocycles. The Hall–Kier alpha value is -3.52. The number of benzene rings is 2. The summed E-state index contributed by atoms with van der Waals surface area (Å²) in [7, 11) is 1.63. The van der Waals surface area contributed by atoms with Crippen molar-refractivity contribution >= 4 is 11.4 Å². The zero-order chi connectivity index (χ0) is 17.9. The number of para-hydroxylation sites is 1. The first-order valence-electron chi connectivity index (χ1n) is 8.32. The number of methoxy groups -OCH3 is 1. The SMILES string of the molecule is COc1ccc(C2C(c3ccco3)=NN(c3ccccc3)C2C#N)cc1. The number of nitriles is 1. The Balaban J connectivity index is 1.81. The Morgan fingerprint density at radius 2 is 1.81 bits per heavy atom. The van der Waals surface area contributed by atoms with Crippen molar-refractivity contribution in [1.29, 1.82) is 5.26 Å². The molecule has 26 heavy (non-hydrogen) atoms. The lowest BCUT2D eigenvalue weighted by Gasteiger charge is -2.22. The molecule has 0 aliphatic carbocycles. The molecular formula is C21H17N3O2. The summed E-state index contributed by atoms with van der Waals surface area (Å²) < 4.78 is 10.8. The minimum atomic E-state index is -0.467. The number of rotatable bonds is 4. The Kier molecular flexibility index (Phi) is 4.16. The molecule has 3 aromatic rings. The zero-order valence-corrected chi connectivity index (χ0v) is 14.2. The third-order valence-corrected chi connectivity index (χ3v) is 4.49. The maximum absolute atomic E-state index is 9.93. The third-order valence-electron chi connectivity index (χ3n) is 4.49. The van der Waals surface area contributed by atoms with E-state index >= 15 is 0 Å². The fraction of sp³-hybridized carbons (Fsp3) is 0.143. The van der Waals surface area contributed by atoms with Crippen LogP contribution in [0.25, 0.3) is 0 Å². The van der Waals surface area contributed by atoms with E-state index in [4.69, 9.17) is 14.3 Å². The number of furan rings is 1. The largest absolute Gasteiger partial charge is 0.497 e. The summed E-state index contributed by atoms with van der Waals surface area (Å²) in [5.41, 5.74) is 2.61. The average molecular weight is 343 g/mol. The molecule has 2 heterocycles. The van der Waals surface area contributed by atoms with E-state index < -0.39 is 6.04 Å². The van der Waals surface area contributed by atoms with Crippen molar-refractivity contribution in [1.82, 2.24) is 0 Å². The summed E-state index contributed by atoms with van der Waals surface area (Å²) in [6.45, 7) is 0. The molecule has 0 spiro atoms. The van der Waals surface area contributed by atoms with Gasteiger partial charge in [0.1, 0.15) is 11.5 Å². The highest BCUT2D eigenvalue weighted by atomic mass is 16.5. The van der Waals surface area contributed by atoms with Crippen LogP contribution in [0.5, 0.6) is 5.75 Å². The van der Waals surface area contributed by atoms with E-state index in [-0.39, 0.29) is 5.92 Å². The molecule has 2 unspecified atom stereocenters. The van der Waals surface area contributed by atoms with Crippen LogP contribution in [0.3, 0.4) is 0 Å². The molecule has 1 aliphatic heterocycles. The minimum absolute atomic E-state index is 0.225. The molecule has 0 radical (unpaired) electrons. The molecule has 0 N–H and O–H groups in total. The molecule has 0 amide bonds. The van der Waals surface area contributed by atoms with Crippen molar-refractivity contribution in [2.75, 3.05) is 12.1 Å². The van der Waals surface area contributed by atoms with Crippen LogP contribution in [0.4, 0.5) is 5.69 Å². The predicted octanol–water partition coefficient (Wildman–Crippen LogP) is 4.19. The fourth-order valence-corrected chi connectivity index (χ4v) is 3.24. The van der Waals surface area contributed by atoms with Gasteiger partial charge in [0.25, 0.3) is 0 Å². The van der Waals surface area contributed by atoms with Crippen molar-refractivity contribution in [3.8, 4) is 11.8 Å². The van der Waals surface area contributed by atoms with Crippen LogP contribution in [-0.2, 0) is 0 Å². The van der Waals surface area contributed by atoms with Gasteiger partial charge in [-0.25, -0.2) is 5.01 Å². The lowest BCUT2D eigenvalue weighted by Crippen LogP contribution is -2.30. The van der Waals surface area contributed by atoms with Crippen molar-refractivity contribution in [2.45, 2.75) is 12.0 Å². The molecule has 2 atom stereocenters. The summed E-state index contributed by atoms with van der Waals surface area (Å²) in [6, 6.07) is 23.1. The molecule has 1 aliphatic rings. The summed E-state index contributed by atoms with van der Waals surface area (Å²) in [4.78, 5) is 0. The summed E-state index contributed by atoms with van der Waals surface area (Å²) in [6.07, 6.45) is 1.62. The summed E-state index contributed by atoms with van der Waals surface area (Å²) in [5.74, 6) is 1.22. The molecule has 5 heteroatoms. The summed E-state index contributed by atoms with van der Waals surface area (Å²) in [5, 5.41) is 16.5. The van der Waals surface area contributed by atoms with Crippen LogP contribution in [0, 0.1) is 11.3 Å². The second-order valence-electron chi connectivity index (χ2n) is 5.97. The molecule has 128 valence electrons. The van der Waals surface area contributed by atoms with Crippen LogP contribution >= 0.6 is 0 Å². The molecule has 2 aromatic carbocycles. The van der Waals surface area contributed by atoms with Gasteiger partial charge in [0.05, 0.1) is 31.0 Å². The second kappa shape index (κ2) is 6.77. The lowest BCUT2D eigenvalue weighted by atomic mass is 9.87. The predicted molar refractivity (Wildman–Crippen MR) is 99.3 cm³/mol. The monoisotopic (exact) mass is 343 g/mol. The number of hydrogen-bond donors (Lipinski definition) is 0. The number of anilines is 1. The van der Waals surface area contributed by atoms with Gasteiger partial charge in [0, 0.05) is 0 Å². The average Bonchev–Trinajstić information content (AvgIpc) is 3.36. The van der Waals surface area contributed by atoms with Gasteiger partial charge in [-0.1, -0.05) is 30.3 Å². The zero-order valence-electron chi connectivity index (χ0n) is 14.2. The Morgan fingerprint density at radius 3 is 2.42 bits per heavy atom. The minimum Gasteiger partial charge on any atom is -0.497 e. The van der Waals surface area contributed by atoms with Gasteiger partial charge in [0.2, 0.25) is 0 Å². The highest BCUT2D eigenvalue weighted by Crippen LogP contribution is 2.37. The highest BCUT2D eigenvalue weighted by Gasteiger charge is 2.41. The molecule has 4 rings (SSSR count). The highest BCUT2D eigenvalue weighted by molar-refractivity contribution is 6.06. The Labute approximate surface area is 151 Å². The van der Waals surface area contributed by atoms with Crippen LogP contribution < -0.4 is 9.75 Å². The normalized spacial score (nSPS) is 19.1. The first-order valence-corrected chi connectivity index (χ1v) is 8.32. The van der Waals surface area contributed by atoms with E-state index in [0.29, 0.717) is 5.76 Å². The third kappa shape index (κ3) is 2.72. The van der Waals surface area contributed by atoms with Gasteiger partial charge < -0.3 is 9.15 Å². The van der Waals surface area contributed by atoms with Crippen molar-refractivity contribution in [3.63, 3.8) is 0 Å². The number of hydrazone groups is 1. The van der Waals surface area contributed by atoms with E-state index in [1.165, 1.54) is 0 Å². The van der Waals surface area contributed by atoms with Gasteiger partial charge in [0.15, 0.2) is 11.8 Å². The number of hydrogen-bond acceptors (Lipinski definition) is 5. The van der Waals surface area contributed by atoms with Crippen molar-refractivity contribution in [2.24, 2.45) is 5.10 Å². The molecule has 0 saturated carbocycles. The standard InChI is InChI=1S/C21H17N3O2/c1-25-17-11-9-15(10-12-17)20-18(14-22)24(16-6-3-2-4-7-16)23-21(20)19-8-5-13-26-19/h2-13,18,20H,1H3. The van der Waals surface area contributed by atoms with Gasteiger partial charge in [-0.05, 0) is 42.0 Å². The van der Waals surface area contributed by atoms with E-state index in [0.717, 1.165) is 22.7 Å². The van der Waals surface area contributed by atoms with E-state index in [1.807, 2.05) is 66.7 Å². The summed E-state index contributed by atoms with van der Waals surface area (Å²) >= 11 is 0. The van der Waals surface area contributed by atoms with Crippen LogP contribution in [0.15, 0.2) is 82.5 Å². The van der Waals surface area contributed by atoms with E-state index in [9.17, 15) is 5.26 Å². The van der Waals surface area contributed by atoms with E-state index in [1.54, 1.807) is 18.4 Å². The van der Waals surface area contributed by atoms with Gasteiger partial charge in [-0.15, -0.1) is 0 Å². The number of ether oxygens (including phenoxy) is 1. The van der Waals surface area contributed by atoms with Crippen LogP contribution in [0.1, 0.15) is 17.2 Å². The van der Waals surface area contributed by atoms with Crippen LogP contribution in [-0.4, -0.2) is 18.9 Å². The quantitative estimate of drug-likeness (QED) is 0.713. The Morgan fingerprint density at radius 1 is 1.04 bits per heavy atom. The lowest BCUT2D eigenvalue weighted by molar-refractivity contribution is 0.414. The number of nitrogens with zero attached hydrogens (tertiary/aromatic N) is 3. The van der Waals surface area contributed by atoms with Crippen molar-refractivity contribution < 1.29 is 9.15 Å². The maximum Gasteiger partial charge on any atom is 0.151 e. The Bertz CT molecular complexity index is 941. The molecular weight excluding hydrogens is 326 g/mol.